The van der Waals surface area contributed by atoms with Crippen molar-refractivity contribution >= 4 is 23.4 Å². The maximum atomic E-state index is 14.3. The molecule has 14 atom stereocenters. The van der Waals surface area contributed by atoms with E-state index in [1.54, 1.807) is 27.0 Å². The monoisotopic (exact) mass is 803 g/mol. The fraction of sp³-hybridized carbons (Fsp3) is 0.773. The Morgan fingerprint density at radius 1 is 0.912 bits per heavy atom. The minimum absolute atomic E-state index is 0.0120. The number of Topliss-reactive ketones (excluding diaryl/α,β-unsaturated/α-hetero) is 2. The molecular weight excluding hydrogens is 734 g/mol. The van der Waals surface area contributed by atoms with Crippen LogP contribution in [0.1, 0.15) is 105 Å². The topological polar surface area (TPSA) is 178 Å². The van der Waals surface area contributed by atoms with Crippen LogP contribution in [0.15, 0.2) is 36.0 Å². The lowest BCUT2D eigenvalue weighted by atomic mass is 9.81. The Labute approximate surface area is 339 Å². The van der Waals surface area contributed by atoms with E-state index in [1.807, 2.05) is 26.0 Å². The molecule has 13 nitrogen and oxygen atoms in total. The molecule has 0 spiro atoms. The molecule has 4 aliphatic rings. The third-order valence-electron chi connectivity index (χ3n) is 12.8. The highest BCUT2D eigenvalue weighted by molar-refractivity contribution is 6.39. The van der Waals surface area contributed by atoms with Crippen molar-refractivity contribution < 1.29 is 58.2 Å². The third-order valence-corrected chi connectivity index (χ3v) is 12.8. The molecule has 2 saturated heterocycles. The van der Waals surface area contributed by atoms with E-state index in [0.29, 0.717) is 62.5 Å². The van der Waals surface area contributed by atoms with Gasteiger partial charge in [0, 0.05) is 46.1 Å². The maximum Gasteiger partial charge on any atom is 0.329 e. The first-order valence-electron chi connectivity index (χ1n) is 20.9. The number of aliphatic hydroxyl groups excluding tert-OH is 2. The number of amides is 1. The molecule has 1 saturated carbocycles. The molecule has 1 aliphatic carbocycles. The minimum Gasteiger partial charge on any atom is -0.456 e. The summed E-state index contributed by atoms with van der Waals surface area (Å²) in [4.78, 5) is 57.8. The van der Waals surface area contributed by atoms with Gasteiger partial charge in [0.2, 0.25) is 5.79 Å². The van der Waals surface area contributed by atoms with Gasteiger partial charge in [0.05, 0.1) is 30.5 Å². The van der Waals surface area contributed by atoms with Gasteiger partial charge in [-0.25, -0.2) is 4.79 Å². The highest BCUT2D eigenvalue weighted by atomic mass is 16.7. The van der Waals surface area contributed by atoms with Gasteiger partial charge in [-0.05, 0) is 100 Å². The van der Waals surface area contributed by atoms with Crippen LogP contribution in [0.2, 0.25) is 0 Å². The number of piperidine rings is 1. The van der Waals surface area contributed by atoms with Crippen molar-refractivity contribution in [2.45, 2.75) is 160 Å². The molecule has 0 radical (unpaired) electrons. The van der Waals surface area contributed by atoms with Crippen molar-refractivity contribution in [3.8, 4) is 0 Å². The van der Waals surface area contributed by atoms with Gasteiger partial charge in [-0.2, -0.15) is 0 Å². The number of cyclic esters (lactones) is 1. The summed E-state index contributed by atoms with van der Waals surface area (Å²) in [6.07, 6.45) is 4.89. The minimum atomic E-state index is -2.51. The number of hydrogen-bond acceptors (Lipinski definition) is 12. The van der Waals surface area contributed by atoms with E-state index >= 15 is 0 Å². The van der Waals surface area contributed by atoms with Gasteiger partial charge in [0.1, 0.15) is 18.2 Å². The molecule has 2 bridgehead atoms. The molecule has 57 heavy (non-hydrogen) atoms. The highest BCUT2D eigenvalue weighted by Crippen LogP contribution is 2.39. The molecule has 322 valence electrons. The fourth-order valence-corrected chi connectivity index (χ4v) is 9.44. The molecule has 0 aromatic carbocycles. The second kappa shape index (κ2) is 21.0. The third kappa shape index (κ3) is 11.3. The maximum absolute atomic E-state index is 14.3. The van der Waals surface area contributed by atoms with Crippen LogP contribution < -0.4 is 0 Å². The van der Waals surface area contributed by atoms with Crippen molar-refractivity contribution in [3.63, 3.8) is 0 Å². The van der Waals surface area contributed by atoms with Crippen LogP contribution in [0, 0.1) is 29.6 Å². The Bertz CT molecular complexity index is 1480. The number of carbonyl (C=O) groups excluding carboxylic acids is 4. The number of methoxy groups -OCH3 is 3. The van der Waals surface area contributed by atoms with E-state index in [4.69, 9.17) is 23.7 Å². The van der Waals surface area contributed by atoms with Crippen LogP contribution in [0.4, 0.5) is 0 Å². The van der Waals surface area contributed by atoms with Crippen molar-refractivity contribution in [1.29, 1.82) is 0 Å². The summed E-state index contributed by atoms with van der Waals surface area (Å²) in [7, 11) is 4.61. The second-order valence-electron chi connectivity index (χ2n) is 17.3. The lowest BCUT2D eigenvalue weighted by molar-refractivity contribution is -0.302. The molecule has 1 amide bonds. The van der Waals surface area contributed by atoms with Gasteiger partial charge < -0.3 is 43.9 Å². The van der Waals surface area contributed by atoms with Gasteiger partial charge in [-0.3, -0.25) is 14.4 Å². The molecule has 4 rings (SSSR count). The van der Waals surface area contributed by atoms with Gasteiger partial charge in [-0.15, -0.1) is 6.58 Å². The molecule has 3 aliphatic heterocycles. The number of ether oxygens (including phenoxy) is 5. The van der Waals surface area contributed by atoms with Crippen molar-refractivity contribution in [3.05, 3.63) is 36.0 Å². The number of rotatable bonds is 7. The number of fused-ring (bicyclic) bond motifs is 3. The molecule has 3 heterocycles. The van der Waals surface area contributed by atoms with Crippen LogP contribution in [0.5, 0.6) is 0 Å². The van der Waals surface area contributed by atoms with Crippen LogP contribution in [-0.4, -0.2) is 126 Å². The number of allylic oxidation sites excluding steroid dienone is 4. The summed E-state index contributed by atoms with van der Waals surface area (Å²) in [5.74, 6) is -7.32. The van der Waals surface area contributed by atoms with Gasteiger partial charge >= 0.3 is 5.97 Å². The Balaban J connectivity index is 1.78. The first-order valence-corrected chi connectivity index (χ1v) is 20.9. The molecule has 3 N–H and O–H groups in total. The number of esters is 1. The highest BCUT2D eigenvalue weighted by Gasteiger charge is 2.56. The zero-order valence-corrected chi connectivity index (χ0v) is 35.4. The van der Waals surface area contributed by atoms with Crippen molar-refractivity contribution in [1.82, 2.24) is 4.90 Å². The smallest absolute Gasteiger partial charge is 0.329 e. The first-order chi connectivity index (χ1) is 27.0. The second-order valence-corrected chi connectivity index (χ2v) is 17.3. The largest absolute Gasteiger partial charge is 0.456 e. The van der Waals surface area contributed by atoms with E-state index in [2.05, 4.69) is 13.5 Å². The van der Waals surface area contributed by atoms with Gasteiger partial charge in [-0.1, -0.05) is 45.9 Å². The van der Waals surface area contributed by atoms with Gasteiger partial charge in [0.15, 0.2) is 5.78 Å². The van der Waals surface area contributed by atoms with Crippen LogP contribution >= 0.6 is 0 Å². The number of aliphatic hydroxyl groups is 3. The predicted octanol–water partition coefficient (Wildman–Crippen LogP) is 4.64. The van der Waals surface area contributed by atoms with Gasteiger partial charge in [0.25, 0.3) is 11.7 Å². The Kier molecular flexibility index (Phi) is 17.2. The molecular formula is C44H69NO12. The van der Waals surface area contributed by atoms with E-state index in [1.165, 1.54) is 19.1 Å². The zero-order chi connectivity index (χ0) is 42.2. The average molecular weight is 804 g/mol. The summed E-state index contributed by atoms with van der Waals surface area (Å²) in [5.41, 5.74) is 1.18. The number of nitrogens with zero attached hydrogens (tertiary/aromatic N) is 1. The Hall–Kier alpha value is -2.78. The van der Waals surface area contributed by atoms with E-state index in [9.17, 15) is 34.5 Å². The molecule has 10 unspecified atom stereocenters. The quantitative estimate of drug-likeness (QED) is 0.185. The predicted molar refractivity (Wildman–Crippen MR) is 213 cm³/mol. The van der Waals surface area contributed by atoms with E-state index < -0.39 is 77.9 Å². The van der Waals surface area contributed by atoms with Crippen molar-refractivity contribution in [2.24, 2.45) is 29.6 Å². The van der Waals surface area contributed by atoms with E-state index in [-0.39, 0.29) is 55.4 Å². The summed E-state index contributed by atoms with van der Waals surface area (Å²) >= 11 is 0. The Morgan fingerprint density at radius 3 is 2.23 bits per heavy atom. The summed E-state index contributed by atoms with van der Waals surface area (Å²) in [6, 6.07) is -1.14. The van der Waals surface area contributed by atoms with Crippen LogP contribution in [0.25, 0.3) is 0 Å². The fourth-order valence-electron chi connectivity index (χ4n) is 9.44. The lowest BCUT2D eigenvalue weighted by Crippen LogP contribution is -2.64. The normalized spacial score (nSPS) is 40.1. The summed E-state index contributed by atoms with van der Waals surface area (Å²) in [5, 5.41) is 34.1. The SMILES string of the molecule is C=CCC1=CC(C)C[C@H](C)CC(OC)C2OC(O)(C(=O)C(=O)N3CCCC[C@H]3C(=O)OC(C(C)=CC3CCC(O)C(OC)C3)[C@H](C)C(O)CC1=O)[C@H](C)CC2OC. The number of ketones is 2. The Morgan fingerprint density at radius 2 is 1.58 bits per heavy atom. The number of hydrogen-bond donors (Lipinski definition) is 3. The molecule has 13 heteroatoms. The summed E-state index contributed by atoms with van der Waals surface area (Å²) in [6.45, 7) is 13.2. The van der Waals surface area contributed by atoms with Crippen LogP contribution in [-0.2, 0) is 42.9 Å². The van der Waals surface area contributed by atoms with Crippen molar-refractivity contribution in [2.75, 3.05) is 27.9 Å². The molecule has 0 aromatic heterocycles. The first kappa shape index (κ1) is 46.9. The average Bonchev–Trinajstić information content (AvgIpc) is 3.18. The summed E-state index contributed by atoms with van der Waals surface area (Å²) < 4.78 is 29.8. The molecule has 3 fully saturated rings. The number of carbonyl (C=O) groups is 4. The molecule has 0 aromatic rings. The standard InChI is InChI=1S/C44H69NO12/c1-10-13-31-19-25(2)18-26(3)20-37(54-8)40-38(55-9)22-28(5)44(52,57-40)41(49)42(50)45-17-12-11-14-32(45)43(51)56-39(29(6)34(47)24-35(31)48)27(4)21-30-15-16-33(46)36(23-30)53-7/h10,19,21,25-26,28-30,32-34,36-40,46-47,52H,1,11-18,20,22-24H2,2-9H3/t25?,26-,28+,29+,30?,32-,33?,34?,36?,37?,38?,39?,40?,44?/m0/s1. The lowest BCUT2D eigenvalue weighted by Gasteiger charge is -2.47. The van der Waals surface area contributed by atoms with E-state index in [0.717, 1.165) is 0 Å². The van der Waals surface area contributed by atoms with Crippen LogP contribution in [0.3, 0.4) is 0 Å². The zero-order valence-electron chi connectivity index (χ0n) is 35.4.